The van der Waals surface area contributed by atoms with Crippen LogP contribution in [0.3, 0.4) is 0 Å². The first-order valence-corrected chi connectivity index (χ1v) is 35.8. The van der Waals surface area contributed by atoms with E-state index in [1.807, 2.05) is 20.8 Å². The monoisotopic (exact) mass is 1420 g/mol. The minimum atomic E-state index is -4.76. The maximum absolute atomic E-state index is 15.2. The predicted octanol–water partition coefficient (Wildman–Crippen LogP) is 6.27. The van der Waals surface area contributed by atoms with Gasteiger partial charge in [0.2, 0.25) is 65.0 Å². The fourth-order valence-electron chi connectivity index (χ4n) is 14.5. The number of nitrogens with zero attached hydrogens (tertiary/aromatic N) is 8. The fourth-order valence-corrected chi connectivity index (χ4v) is 14.8. The van der Waals surface area contributed by atoms with Gasteiger partial charge in [0.25, 0.3) is 5.92 Å². The van der Waals surface area contributed by atoms with E-state index in [9.17, 15) is 60.3 Å². The SMILES string of the molecule is CC[C@H](C)[C@@H]1NC(=O)[C@H](CC(C)C)N(C)C(=O)C[C@@H](C)NC(=O)[C@H](C(C)C)N(C)C(=O)C2(CCCC2)NC(=O)[C@@H]2CCCN2C(=O)[C@H](CCc2ccc(C(F)(F)F)c(Cl)c2)NC(=O)CN(C)C(=O)[C@H](CC2CCCCC2)N(C)C(=O)CN(C)C(=O)CN(CCN2CCC(F)(F)CC2)C1=O. The standard InChI is InChI=1S/C70H108ClF5N12O11/c1-13-45(6)59-66(98)87(35-34-86-32-29-69(72,73)30-33-86)42-57(91)81(8)41-58(92)84(11)54(39-47-20-15-14-16-21-47)65(97)82(9)40-55(89)78-51(26-24-48-23-25-49(50(71)38-48)70(74,75)76)64(96)88-31-19-22-52(88)62(94)80-68(27-17-18-28-68)67(99)85(12)60(44(4)5)63(95)77-46(7)37-56(90)83(10)53(36-43(2)3)61(93)79-59/h23,25,38,43-47,51-54,59-60H,13-22,24,26-37,39-42H2,1-12H3,(H,77,95)(H,78,89)(H,79,93)(H,80,94)/t45-,46+,51-,52-,53-,54-,59-,60-/m0/s1. The van der Waals surface area contributed by atoms with E-state index in [4.69, 9.17) is 11.6 Å². The highest BCUT2D eigenvalue weighted by molar-refractivity contribution is 6.31. The molecule has 23 nitrogen and oxygen atoms in total. The van der Waals surface area contributed by atoms with Gasteiger partial charge in [-0.25, -0.2) is 8.78 Å². The molecule has 2 saturated carbocycles. The molecule has 2 aliphatic carbocycles. The Morgan fingerprint density at radius 1 is 0.646 bits per heavy atom. The number of likely N-dealkylation sites (tertiary alicyclic amines) is 1. The van der Waals surface area contributed by atoms with Gasteiger partial charge in [-0.3, -0.25) is 52.7 Å². The minimum Gasteiger partial charge on any atom is -0.351 e. The van der Waals surface area contributed by atoms with Crippen molar-refractivity contribution in [1.29, 1.82) is 0 Å². The molecule has 4 N–H and O–H groups in total. The van der Waals surface area contributed by atoms with Crippen molar-refractivity contribution in [3.05, 3.63) is 34.3 Å². The Hall–Kier alpha value is -6.71. The molecule has 3 heterocycles. The molecular weight excluding hydrogens is 1320 g/mol. The zero-order valence-electron chi connectivity index (χ0n) is 60.0. The number of rotatable bonds is 13. The lowest BCUT2D eigenvalue weighted by molar-refractivity contribution is -0.150. The second kappa shape index (κ2) is 35.7. The summed E-state index contributed by atoms with van der Waals surface area (Å²) in [6.07, 6.45) is 0.613. The fraction of sp³-hybridized carbons (Fsp3) is 0.757. The number of hydrogen-bond donors (Lipinski definition) is 4. The Kier molecular flexibility index (Phi) is 29.3. The summed E-state index contributed by atoms with van der Waals surface area (Å²) < 4.78 is 70.3. The Morgan fingerprint density at radius 3 is 1.88 bits per heavy atom. The van der Waals surface area contributed by atoms with E-state index in [1.165, 1.54) is 65.8 Å². The number of alkyl halides is 5. The first kappa shape index (κ1) is 81.3. The maximum atomic E-state index is 15.2. The predicted molar refractivity (Wildman–Crippen MR) is 362 cm³/mol. The first-order valence-electron chi connectivity index (χ1n) is 35.4. The molecule has 1 spiro atoms. The van der Waals surface area contributed by atoms with Crippen molar-refractivity contribution in [1.82, 2.24) is 60.5 Å². The van der Waals surface area contributed by atoms with Gasteiger partial charge < -0.3 is 60.5 Å². The van der Waals surface area contributed by atoms with Crippen LogP contribution in [0.5, 0.6) is 0 Å². The molecule has 556 valence electrons. The zero-order valence-corrected chi connectivity index (χ0v) is 60.8. The number of halogens is 6. The molecule has 11 amide bonds. The van der Waals surface area contributed by atoms with Crippen molar-refractivity contribution < 1.29 is 74.7 Å². The number of carbonyl (C=O) groups excluding carboxylic acids is 11. The number of hydrogen-bond acceptors (Lipinski definition) is 12. The summed E-state index contributed by atoms with van der Waals surface area (Å²) in [4.78, 5) is 173. The molecule has 5 fully saturated rings. The summed E-state index contributed by atoms with van der Waals surface area (Å²) in [6.45, 7) is 10.5. The van der Waals surface area contributed by atoms with Gasteiger partial charge in [-0.2, -0.15) is 13.2 Å². The number of amides is 11. The highest BCUT2D eigenvalue weighted by atomic mass is 35.5. The third-order valence-corrected chi connectivity index (χ3v) is 21.1. The Bertz CT molecular complexity index is 3030. The van der Waals surface area contributed by atoms with Crippen molar-refractivity contribution in [2.75, 3.05) is 87.6 Å². The highest BCUT2D eigenvalue weighted by Crippen LogP contribution is 2.37. The quantitative estimate of drug-likeness (QED) is 0.160. The smallest absolute Gasteiger partial charge is 0.351 e. The Balaban J connectivity index is 1.39. The molecule has 6 rings (SSSR count). The number of aryl methyl sites for hydroxylation is 1. The molecule has 29 heteroatoms. The summed E-state index contributed by atoms with van der Waals surface area (Å²) in [5, 5.41) is 11.0. The molecule has 3 saturated heterocycles. The number of piperidine rings is 1. The van der Waals surface area contributed by atoms with E-state index in [0.717, 1.165) is 54.0 Å². The van der Waals surface area contributed by atoms with Crippen molar-refractivity contribution in [3.8, 4) is 0 Å². The van der Waals surface area contributed by atoms with E-state index in [0.29, 0.717) is 31.2 Å². The van der Waals surface area contributed by atoms with Gasteiger partial charge in [0, 0.05) is 93.3 Å². The Labute approximate surface area is 585 Å². The summed E-state index contributed by atoms with van der Waals surface area (Å²) in [5.74, 6) is -11.4. The van der Waals surface area contributed by atoms with Crippen molar-refractivity contribution in [2.24, 2.45) is 23.7 Å². The number of carbonyl (C=O) groups is 11. The first-order chi connectivity index (χ1) is 46.4. The van der Waals surface area contributed by atoms with Crippen LogP contribution in [0.15, 0.2) is 18.2 Å². The van der Waals surface area contributed by atoms with Gasteiger partial charge in [-0.15, -0.1) is 0 Å². The number of likely N-dealkylation sites (N-methyl/N-ethyl adjacent to an activating group) is 5. The van der Waals surface area contributed by atoms with Gasteiger partial charge in [-0.05, 0) is 99.7 Å². The van der Waals surface area contributed by atoms with Crippen LogP contribution >= 0.6 is 11.6 Å². The lowest BCUT2D eigenvalue weighted by atomic mass is 9.84. The van der Waals surface area contributed by atoms with Crippen LogP contribution in [0, 0.1) is 23.7 Å². The molecule has 1 aromatic rings. The highest BCUT2D eigenvalue weighted by Gasteiger charge is 2.50. The summed E-state index contributed by atoms with van der Waals surface area (Å²) >= 11 is 6.13. The van der Waals surface area contributed by atoms with Gasteiger partial charge in [0.05, 0.1) is 30.2 Å². The van der Waals surface area contributed by atoms with Crippen LogP contribution in [0.1, 0.15) is 175 Å². The molecule has 0 aromatic heterocycles. The molecule has 8 atom stereocenters. The van der Waals surface area contributed by atoms with Crippen molar-refractivity contribution in [3.63, 3.8) is 0 Å². The molecular formula is C70H108ClF5N12O11. The molecule has 5 aliphatic rings. The van der Waals surface area contributed by atoms with E-state index < -0.39 is 180 Å². The largest absolute Gasteiger partial charge is 0.417 e. The van der Waals surface area contributed by atoms with Crippen LogP contribution in [-0.2, 0) is 65.3 Å². The van der Waals surface area contributed by atoms with Gasteiger partial charge in [0.1, 0.15) is 41.8 Å². The van der Waals surface area contributed by atoms with Gasteiger partial charge in [0.15, 0.2) is 0 Å². The zero-order chi connectivity index (χ0) is 73.6. The van der Waals surface area contributed by atoms with Crippen molar-refractivity contribution in [2.45, 2.75) is 230 Å². The second-order valence-corrected chi connectivity index (χ2v) is 29.7. The topological polar surface area (TPSA) is 262 Å². The number of benzene rings is 1. The summed E-state index contributed by atoms with van der Waals surface area (Å²) in [7, 11) is 7.03. The lowest BCUT2D eigenvalue weighted by Crippen LogP contribution is -2.64. The molecule has 0 bridgehead atoms. The van der Waals surface area contributed by atoms with E-state index in [-0.39, 0.29) is 95.9 Å². The maximum Gasteiger partial charge on any atom is 0.417 e. The molecule has 99 heavy (non-hydrogen) atoms. The minimum absolute atomic E-state index is 0.00991. The van der Waals surface area contributed by atoms with Crippen LogP contribution in [0.25, 0.3) is 0 Å². The molecule has 0 radical (unpaired) electrons. The van der Waals surface area contributed by atoms with E-state index in [2.05, 4.69) is 21.3 Å². The summed E-state index contributed by atoms with van der Waals surface area (Å²) in [5.41, 5.74) is -2.31. The third-order valence-electron chi connectivity index (χ3n) is 20.8. The number of fused-ring (bicyclic) bond motifs is 1. The van der Waals surface area contributed by atoms with Crippen LogP contribution < -0.4 is 21.3 Å². The molecule has 3 aliphatic heterocycles. The normalized spacial score (nSPS) is 26.7. The molecule has 1 aromatic carbocycles. The second-order valence-electron chi connectivity index (χ2n) is 29.3. The summed E-state index contributed by atoms with van der Waals surface area (Å²) in [6, 6.07) is -5.05. The van der Waals surface area contributed by atoms with Crippen molar-refractivity contribution >= 4 is 76.6 Å². The van der Waals surface area contributed by atoms with E-state index >= 15 is 14.4 Å². The van der Waals surface area contributed by atoms with Crippen LogP contribution in [0.4, 0.5) is 22.0 Å². The van der Waals surface area contributed by atoms with Crippen LogP contribution in [0.2, 0.25) is 5.02 Å². The third kappa shape index (κ3) is 21.9. The van der Waals surface area contributed by atoms with Crippen LogP contribution in [-0.4, -0.2) is 246 Å². The van der Waals surface area contributed by atoms with E-state index in [1.54, 1.807) is 32.6 Å². The van der Waals surface area contributed by atoms with Gasteiger partial charge >= 0.3 is 6.18 Å². The lowest BCUT2D eigenvalue weighted by Gasteiger charge is -2.39. The average Bonchev–Trinajstić information content (AvgIpc) is 1.71. The number of nitrogens with one attached hydrogen (secondary N) is 4. The van der Waals surface area contributed by atoms with Gasteiger partial charge in [-0.1, -0.05) is 111 Å². The average molecular weight is 1420 g/mol. The Morgan fingerprint density at radius 2 is 1.28 bits per heavy atom. The molecule has 0 unspecified atom stereocenters.